The van der Waals surface area contributed by atoms with Crippen molar-refractivity contribution in [3.8, 4) is 5.88 Å². The van der Waals surface area contributed by atoms with Gasteiger partial charge in [-0.25, -0.2) is 4.98 Å². The first-order valence-electron chi connectivity index (χ1n) is 4.56. The summed E-state index contributed by atoms with van der Waals surface area (Å²) in [6.45, 7) is 4.37. The first-order valence-corrected chi connectivity index (χ1v) is 5.72. The van der Waals surface area contributed by atoms with E-state index in [1.165, 1.54) is 5.56 Å². The highest BCUT2D eigenvalue weighted by atomic mass is 31.1. The molecule has 14 heavy (non-hydrogen) atoms. The zero-order valence-corrected chi connectivity index (χ0v) is 11.1. The predicted octanol–water partition coefficient (Wildman–Crippen LogP) is 2.65. The highest BCUT2D eigenvalue weighted by Gasteiger charge is 2.25. The van der Waals surface area contributed by atoms with Gasteiger partial charge < -0.3 is 4.74 Å². The van der Waals surface area contributed by atoms with E-state index >= 15 is 0 Å². The van der Waals surface area contributed by atoms with E-state index in [9.17, 15) is 0 Å². The molecule has 1 aromatic heterocycles. The van der Waals surface area contributed by atoms with Crippen molar-refractivity contribution in [1.29, 1.82) is 0 Å². The van der Waals surface area contributed by atoms with E-state index in [-0.39, 0.29) is 4.90 Å². The maximum Gasteiger partial charge on any atom is 0.212 e. The first kappa shape index (κ1) is 11.9. The second-order valence-corrected chi connectivity index (χ2v) is 6.25. The van der Waals surface area contributed by atoms with Gasteiger partial charge in [0.1, 0.15) is 0 Å². The van der Waals surface area contributed by atoms with Gasteiger partial charge in [0.2, 0.25) is 5.88 Å². The van der Waals surface area contributed by atoms with Crippen LogP contribution in [0.1, 0.15) is 19.4 Å². The molecular weight excluding hydrogens is 212 g/mol. The molecule has 4 heteroatoms. The van der Waals surface area contributed by atoms with Crippen LogP contribution in [0, 0.1) is 5.92 Å². The third-order valence-electron chi connectivity index (χ3n) is 2.40. The molecular formula is C10H17NOP2. The van der Waals surface area contributed by atoms with E-state index in [2.05, 4.69) is 37.3 Å². The highest BCUT2D eigenvalue weighted by molar-refractivity contribution is 7.39. The van der Waals surface area contributed by atoms with Gasteiger partial charge in [0.25, 0.3) is 0 Å². The van der Waals surface area contributed by atoms with E-state index in [1.54, 1.807) is 7.11 Å². The van der Waals surface area contributed by atoms with Gasteiger partial charge in [-0.3, -0.25) is 0 Å². The van der Waals surface area contributed by atoms with Crippen LogP contribution in [-0.2, 0) is 4.90 Å². The number of rotatable bonds is 3. The molecule has 0 aliphatic heterocycles. The van der Waals surface area contributed by atoms with Gasteiger partial charge in [-0.05, 0) is 11.5 Å². The Morgan fingerprint density at radius 2 is 2.00 bits per heavy atom. The molecule has 0 aromatic carbocycles. The van der Waals surface area contributed by atoms with Crippen LogP contribution in [0.4, 0.5) is 0 Å². The van der Waals surface area contributed by atoms with E-state index in [0.29, 0.717) is 11.8 Å². The average molecular weight is 229 g/mol. The van der Waals surface area contributed by atoms with Gasteiger partial charge >= 0.3 is 0 Å². The van der Waals surface area contributed by atoms with Gasteiger partial charge in [0, 0.05) is 17.2 Å². The minimum absolute atomic E-state index is 0.000723. The van der Waals surface area contributed by atoms with E-state index in [1.807, 2.05) is 18.3 Å². The molecule has 0 spiro atoms. The Hall–Kier alpha value is -0.190. The molecule has 78 valence electrons. The molecule has 2 unspecified atom stereocenters. The van der Waals surface area contributed by atoms with Crippen LogP contribution in [0.2, 0.25) is 0 Å². The fraction of sp³-hybridized carbons (Fsp3) is 0.500. The maximum atomic E-state index is 5.02. The van der Waals surface area contributed by atoms with Crippen molar-refractivity contribution < 1.29 is 4.74 Å². The molecule has 2 nitrogen and oxygen atoms in total. The van der Waals surface area contributed by atoms with Crippen LogP contribution in [0.15, 0.2) is 18.3 Å². The smallest absolute Gasteiger partial charge is 0.212 e. The number of hydrogen-bond acceptors (Lipinski definition) is 2. The number of aromatic nitrogens is 1. The average Bonchev–Trinajstić information content (AvgIpc) is 2.17. The molecule has 0 radical (unpaired) electrons. The third kappa shape index (κ3) is 2.43. The van der Waals surface area contributed by atoms with Crippen molar-refractivity contribution in [3.63, 3.8) is 0 Å². The van der Waals surface area contributed by atoms with Crippen molar-refractivity contribution in [2.45, 2.75) is 18.7 Å². The molecule has 0 bridgehead atoms. The van der Waals surface area contributed by atoms with E-state index < -0.39 is 0 Å². The summed E-state index contributed by atoms with van der Waals surface area (Å²) in [5, 5.41) is 0. The highest BCUT2D eigenvalue weighted by Crippen LogP contribution is 2.44. The second-order valence-electron chi connectivity index (χ2n) is 3.68. The number of hydrogen-bond donors (Lipinski definition) is 0. The quantitative estimate of drug-likeness (QED) is 0.743. The maximum absolute atomic E-state index is 5.02. The Bertz CT molecular complexity index is 295. The summed E-state index contributed by atoms with van der Waals surface area (Å²) in [7, 11) is 7.34. The molecule has 0 aliphatic rings. The first-order chi connectivity index (χ1) is 6.48. The van der Waals surface area contributed by atoms with Crippen LogP contribution in [0.25, 0.3) is 0 Å². The van der Waals surface area contributed by atoms with Crippen molar-refractivity contribution in [3.05, 3.63) is 23.9 Å². The van der Waals surface area contributed by atoms with Crippen LogP contribution in [-0.4, -0.2) is 12.1 Å². The minimum atomic E-state index is -0.000723. The number of methoxy groups -OCH3 is 1. The molecule has 2 atom stereocenters. The predicted molar refractivity (Wildman–Crippen MR) is 66.7 cm³/mol. The summed E-state index contributed by atoms with van der Waals surface area (Å²) in [6.07, 6.45) is 1.86. The number of pyridine rings is 1. The standard InChI is InChI=1S/C10H17NOP2/c1-7(2)10(13,14)8-4-5-9(12-3)11-6-8/h4-7H,13-14H2,1-3H3. The lowest BCUT2D eigenvalue weighted by Crippen LogP contribution is -2.16. The summed E-state index contributed by atoms with van der Waals surface area (Å²) in [5.41, 5.74) is 1.18. The summed E-state index contributed by atoms with van der Waals surface area (Å²) >= 11 is 0. The third-order valence-corrected chi connectivity index (χ3v) is 4.40. The Kier molecular flexibility index (Phi) is 3.86. The van der Waals surface area contributed by atoms with Crippen molar-refractivity contribution in [1.82, 2.24) is 4.98 Å². The fourth-order valence-electron chi connectivity index (χ4n) is 1.09. The Balaban J connectivity index is 2.97. The lowest BCUT2D eigenvalue weighted by molar-refractivity contribution is 0.397. The SMILES string of the molecule is COc1ccc(C(P)(P)C(C)C)cn1. The topological polar surface area (TPSA) is 22.1 Å². The molecule has 0 saturated heterocycles. The Morgan fingerprint density at radius 1 is 1.36 bits per heavy atom. The summed E-state index contributed by atoms with van der Waals surface area (Å²) < 4.78 is 5.02. The van der Waals surface area contributed by atoms with Crippen LogP contribution < -0.4 is 4.74 Å². The van der Waals surface area contributed by atoms with E-state index in [4.69, 9.17) is 4.74 Å². The lowest BCUT2D eigenvalue weighted by Gasteiger charge is -2.28. The molecule has 0 amide bonds. The van der Waals surface area contributed by atoms with Gasteiger partial charge in [0.15, 0.2) is 0 Å². The largest absolute Gasteiger partial charge is 0.481 e. The molecule has 0 fully saturated rings. The van der Waals surface area contributed by atoms with Crippen molar-refractivity contribution in [2.75, 3.05) is 7.11 Å². The summed E-state index contributed by atoms with van der Waals surface area (Å²) in [6, 6.07) is 3.94. The van der Waals surface area contributed by atoms with Crippen LogP contribution >= 0.6 is 18.5 Å². The monoisotopic (exact) mass is 229 g/mol. The molecule has 0 saturated carbocycles. The van der Waals surface area contributed by atoms with Gasteiger partial charge in [-0.1, -0.05) is 19.9 Å². The minimum Gasteiger partial charge on any atom is -0.481 e. The Morgan fingerprint density at radius 3 is 2.36 bits per heavy atom. The molecule has 0 aliphatic carbocycles. The van der Waals surface area contributed by atoms with Gasteiger partial charge in [-0.15, -0.1) is 18.5 Å². The summed E-state index contributed by atoms with van der Waals surface area (Å²) in [5.74, 6) is 1.18. The van der Waals surface area contributed by atoms with Gasteiger partial charge in [0.05, 0.1) is 7.11 Å². The zero-order valence-electron chi connectivity index (χ0n) is 8.82. The molecule has 0 N–H and O–H groups in total. The molecule has 1 heterocycles. The summed E-state index contributed by atoms with van der Waals surface area (Å²) in [4.78, 5) is 4.20. The lowest BCUT2D eigenvalue weighted by atomic mass is 10.0. The van der Waals surface area contributed by atoms with Crippen LogP contribution in [0.5, 0.6) is 5.88 Å². The van der Waals surface area contributed by atoms with Crippen molar-refractivity contribution in [2.24, 2.45) is 5.92 Å². The Labute approximate surface area is 90.2 Å². The van der Waals surface area contributed by atoms with Crippen LogP contribution in [0.3, 0.4) is 0 Å². The van der Waals surface area contributed by atoms with Crippen molar-refractivity contribution >= 4 is 18.5 Å². The normalized spacial score (nSPS) is 11.9. The van der Waals surface area contributed by atoms with Gasteiger partial charge in [-0.2, -0.15) is 0 Å². The fourth-order valence-corrected chi connectivity index (χ4v) is 1.43. The zero-order chi connectivity index (χ0) is 10.8. The molecule has 1 rings (SSSR count). The van der Waals surface area contributed by atoms with E-state index in [0.717, 1.165) is 0 Å². The second kappa shape index (κ2) is 4.55. The number of ether oxygens (including phenoxy) is 1. The molecule has 1 aromatic rings. The number of nitrogens with zero attached hydrogens (tertiary/aromatic N) is 1.